The van der Waals surface area contributed by atoms with Gasteiger partial charge in [-0.1, -0.05) is 6.58 Å². The van der Waals surface area contributed by atoms with Crippen molar-refractivity contribution >= 4 is 18.3 Å². The summed E-state index contributed by atoms with van der Waals surface area (Å²) in [4.78, 5) is 25.2. The van der Waals surface area contributed by atoms with Crippen LogP contribution in [0.3, 0.4) is 0 Å². The van der Waals surface area contributed by atoms with Crippen LogP contribution < -0.4 is 5.73 Å². The Morgan fingerprint density at radius 3 is 3.00 bits per heavy atom. The number of aldehydes is 1. The molecule has 0 amide bonds. The molecule has 1 aliphatic rings. The van der Waals surface area contributed by atoms with Crippen LogP contribution in [0.15, 0.2) is 28.5 Å². The minimum atomic E-state index is -0.109. The van der Waals surface area contributed by atoms with E-state index in [1.165, 1.54) is 0 Å². The van der Waals surface area contributed by atoms with Crippen LogP contribution in [0.2, 0.25) is 0 Å². The van der Waals surface area contributed by atoms with Crippen LogP contribution in [-0.4, -0.2) is 18.3 Å². The van der Waals surface area contributed by atoms with E-state index < -0.39 is 0 Å². The summed E-state index contributed by atoms with van der Waals surface area (Å²) >= 11 is 0. The summed E-state index contributed by atoms with van der Waals surface area (Å²) in [7, 11) is 0. The van der Waals surface area contributed by atoms with Crippen LogP contribution in [0.1, 0.15) is 12.8 Å². The van der Waals surface area contributed by atoms with Crippen molar-refractivity contribution in [1.29, 1.82) is 0 Å². The molecule has 0 fully saturated rings. The lowest BCUT2D eigenvalue weighted by Gasteiger charge is -2.10. The van der Waals surface area contributed by atoms with E-state index in [1.807, 2.05) is 0 Å². The van der Waals surface area contributed by atoms with Gasteiger partial charge >= 0.3 is 0 Å². The zero-order valence-corrected chi connectivity index (χ0v) is 7.12. The highest BCUT2D eigenvalue weighted by molar-refractivity contribution is 6.29. The fourth-order valence-electron chi connectivity index (χ4n) is 1.12. The fraction of sp³-hybridized carbons (Fsp3) is 0.222. The molecule has 1 heterocycles. The van der Waals surface area contributed by atoms with Crippen LogP contribution >= 0.6 is 0 Å². The first-order valence-electron chi connectivity index (χ1n) is 3.81. The number of Topliss-reactive ketones (excluding diaryl/α,β-unsaturated/α-hetero) is 1. The first-order valence-corrected chi connectivity index (χ1v) is 3.81. The third-order valence-electron chi connectivity index (χ3n) is 1.65. The molecule has 0 aromatic carbocycles. The van der Waals surface area contributed by atoms with E-state index in [4.69, 9.17) is 5.73 Å². The summed E-state index contributed by atoms with van der Waals surface area (Å²) in [6.07, 6.45) is 2.36. The fourth-order valence-corrected chi connectivity index (χ4v) is 1.12. The minimum Gasteiger partial charge on any atom is -0.402 e. The van der Waals surface area contributed by atoms with Crippen LogP contribution in [0.5, 0.6) is 0 Å². The molecule has 0 aliphatic carbocycles. The van der Waals surface area contributed by atoms with E-state index in [9.17, 15) is 9.59 Å². The van der Waals surface area contributed by atoms with E-state index in [2.05, 4.69) is 11.6 Å². The van der Waals surface area contributed by atoms with Gasteiger partial charge in [0, 0.05) is 18.5 Å². The van der Waals surface area contributed by atoms with Crippen LogP contribution in [0.25, 0.3) is 0 Å². The number of carbonyl (C=O) groups excluding carboxylic acids is 2. The lowest BCUT2D eigenvalue weighted by molar-refractivity contribution is -0.112. The van der Waals surface area contributed by atoms with Crippen molar-refractivity contribution in [2.45, 2.75) is 12.8 Å². The Bertz CT molecular complexity index is 327. The Morgan fingerprint density at radius 2 is 2.46 bits per heavy atom. The molecular formula is C9H10N2O2. The standard InChI is InChI=1S/C9H10N2O2/c1-6(10)2-7-3-8(13)4-11-9(7)5-12/h4-5H,1-3,10H2. The molecule has 68 valence electrons. The molecule has 0 atom stereocenters. The highest BCUT2D eigenvalue weighted by atomic mass is 16.1. The molecule has 1 aliphatic heterocycles. The van der Waals surface area contributed by atoms with Gasteiger partial charge < -0.3 is 5.73 Å². The van der Waals surface area contributed by atoms with Crippen molar-refractivity contribution in [2.75, 3.05) is 0 Å². The van der Waals surface area contributed by atoms with Gasteiger partial charge in [0.25, 0.3) is 0 Å². The van der Waals surface area contributed by atoms with E-state index in [-0.39, 0.29) is 12.2 Å². The van der Waals surface area contributed by atoms with E-state index >= 15 is 0 Å². The smallest absolute Gasteiger partial charge is 0.177 e. The number of ketones is 1. The van der Waals surface area contributed by atoms with Gasteiger partial charge in [-0.05, 0) is 5.57 Å². The number of allylic oxidation sites excluding steroid dienone is 2. The highest BCUT2D eigenvalue weighted by Gasteiger charge is 2.14. The molecule has 2 N–H and O–H groups in total. The summed E-state index contributed by atoms with van der Waals surface area (Å²) < 4.78 is 0. The first-order chi connectivity index (χ1) is 6.13. The number of nitrogens with zero attached hydrogens (tertiary/aromatic N) is 1. The van der Waals surface area contributed by atoms with Gasteiger partial charge in [0.05, 0.1) is 6.21 Å². The number of aliphatic imine (C=N–C) groups is 1. The third-order valence-corrected chi connectivity index (χ3v) is 1.65. The number of hydrogen-bond donors (Lipinski definition) is 1. The molecule has 0 radical (unpaired) electrons. The number of carbonyl (C=O) groups is 2. The van der Waals surface area contributed by atoms with Gasteiger partial charge in [0.1, 0.15) is 5.70 Å². The normalized spacial score (nSPS) is 16.2. The zero-order valence-electron chi connectivity index (χ0n) is 7.12. The Morgan fingerprint density at radius 1 is 1.77 bits per heavy atom. The van der Waals surface area contributed by atoms with Gasteiger partial charge in [-0.15, -0.1) is 0 Å². The number of nitrogens with two attached hydrogens (primary N) is 1. The topological polar surface area (TPSA) is 72.5 Å². The van der Waals surface area contributed by atoms with Gasteiger partial charge in [0.15, 0.2) is 12.1 Å². The van der Waals surface area contributed by atoms with E-state index in [0.717, 1.165) is 6.21 Å². The molecule has 0 aromatic rings. The van der Waals surface area contributed by atoms with Crippen molar-refractivity contribution in [3.05, 3.63) is 23.5 Å². The molecule has 0 unspecified atom stereocenters. The average molecular weight is 178 g/mol. The molecule has 0 aromatic heterocycles. The molecule has 0 saturated carbocycles. The lowest BCUT2D eigenvalue weighted by Crippen LogP contribution is -2.11. The number of hydrogen-bond acceptors (Lipinski definition) is 4. The van der Waals surface area contributed by atoms with E-state index in [0.29, 0.717) is 29.7 Å². The average Bonchev–Trinajstić information content (AvgIpc) is 2.03. The summed E-state index contributed by atoms with van der Waals surface area (Å²) in [5, 5.41) is 0. The SMILES string of the molecule is C=C(N)CC1=C(C=O)N=CC(=O)C1. The van der Waals surface area contributed by atoms with Crippen molar-refractivity contribution < 1.29 is 9.59 Å². The van der Waals surface area contributed by atoms with Gasteiger partial charge in [-0.25, -0.2) is 4.99 Å². The Balaban J connectivity index is 2.91. The quantitative estimate of drug-likeness (QED) is 0.633. The summed E-state index contributed by atoms with van der Waals surface area (Å²) in [5.74, 6) is -0.109. The van der Waals surface area contributed by atoms with Gasteiger partial charge in [0.2, 0.25) is 0 Å². The van der Waals surface area contributed by atoms with Crippen molar-refractivity contribution in [3.63, 3.8) is 0 Å². The monoisotopic (exact) mass is 178 g/mol. The third kappa shape index (κ3) is 2.37. The lowest BCUT2D eigenvalue weighted by atomic mass is 10.0. The molecule has 0 bridgehead atoms. The summed E-state index contributed by atoms with van der Waals surface area (Å²) in [5.41, 5.74) is 6.75. The van der Waals surface area contributed by atoms with Gasteiger partial charge in [-0.2, -0.15) is 0 Å². The van der Waals surface area contributed by atoms with Crippen LogP contribution in [-0.2, 0) is 9.59 Å². The predicted octanol–water partition coefficient (Wildman–Crippen LogP) is 0.345. The Hall–Kier alpha value is -1.71. The summed E-state index contributed by atoms with van der Waals surface area (Å²) in [6.45, 7) is 3.51. The van der Waals surface area contributed by atoms with Crippen LogP contribution in [0.4, 0.5) is 0 Å². The second-order valence-corrected chi connectivity index (χ2v) is 2.84. The molecule has 0 saturated heterocycles. The Kier molecular flexibility index (Phi) is 2.74. The minimum absolute atomic E-state index is 0.109. The molecule has 4 heteroatoms. The van der Waals surface area contributed by atoms with Crippen LogP contribution in [0, 0.1) is 0 Å². The summed E-state index contributed by atoms with van der Waals surface area (Å²) in [6, 6.07) is 0. The zero-order chi connectivity index (χ0) is 9.84. The van der Waals surface area contributed by atoms with Gasteiger partial charge in [-0.3, -0.25) is 9.59 Å². The predicted molar refractivity (Wildman–Crippen MR) is 49.2 cm³/mol. The second kappa shape index (κ2) is 3.80. The maximum Gasteiger partial charge on any atom is 0.177 e. The van der Waals surface area contributed by atoms with Crippen molar-refractivity contribution in [2.24, 2.45) is 10.7 Å². The molecular weight excluding hydrogens is 168 g/mol. The maximum atomic E-state index is 10.9. The van der Waals surface area contributed by atoms with E-state index in [1.54, 1.807) is 0 Å². The molecule has 0 spiro atoms. The molecule has 13 heavy (non-hydrogen) atoms. The molecule has 4 nitrogen and oxygen atoms in total. The number of rotatable bonds is 3. The first kappa shape index (κ1) is 9.38. The molecule has 1 rings (SSSR count). The Labute approximate surface area is 75.8 Å². The van der Waals surface area contributed by atoms with Crippen molar-refractivity contribution in [3.8, 4) is 0 Å². The largest absolute Gasteiger partial charge is 0.402 e. The maximum absolute atomic E-state index is 10.9. The highest BCUT2D eigenvalue weighted by Crippen LogP contribution is 2.18. The second-order valence-electron chi connectivity index (χ2n) is 2.84. The van der Waals surface area contributed by atoms with Crippen molar-refractivity contribution in [1.82, 2.24) is 0 Å².